The van der Waals surface area contributed by atoms with E-state index in [9.17, 15) is 9.59 Å². The third-order valence-electron chi connectivity index (χ3n) is 5.64. The molecule has 8 nitrogen and oxygen atoms in total. The summed E-state index contributed by atoms with van der Waals surface area (Å²) >= 11 is 0. The van der Waals surface area contributed by atoms with Gasteiger partial charge in [-0.2, -0.15) is 0 Å². The van der Waals surface area contributed by atoms with Gasteiger partial charge in [0.1, 0.15) is 5.60 Å². The third-order valence-corrected chi connectivity index (χ3v) is 5.64. The average Bonchev–Trinajstić information content (AvgIpc) is 2.74. The first-order valence-corrected chi connectivity index (χ1v) is 11.6. The van der Waals surface area contributed by atoms with Gasteiger partial charge in [-0.25, -0.2) is 4.79 Å². The van der Waals surface area contributed by atoms with Gasteiger partial charge in [-0.05, 0) is 58.1 Å². The number of carbonyl (C=O) groups excluding carboxylic acids is 2. The van der Waals surface area contributed by atoms with Crippen LogP contribution in [-0.2, 0) is 9.53 Å². The molecule has 1 aromatic carbocycles. The molecule has 2 heterocycles. The maximum atomic E-state index is 12.4. The maximum absolute atomic E-state index is 12.4. The Bertz CT molecular complexity index is 833. The number of fused-ring (bicyclic) bond motifs is 1. The topological polar surface area (TPSA) is 95.1 Å². The highest BCUT2D eigenvalue weighted by Gasteiger charge is 2.28. The summed E-state index contributed by atoms with van der Waals surface area (Å²) in [5, 5.41) is 9.65. The number of likely N-dealkylation sites (tertiary alicyclic amines) is 1. The van der Waals surface area contributed by atoms with Crippen molar-refractivity contribution in [1.29, 1.82) is 0 Å². The second kappa shape index (κ2) is 10.7. The van der Waals surface area contributed by atoms with Gasteiger partial charge in [0.15, 0.2) is 5.96 Å². The quantitative estimate of drug-likeness (QED) is 0.479. The number of guanidine groups is 1. The van der Waals surface area contributed by atoms with Crippen LogP contribution in [0.15, 0.2) is 29.3 Å². The molecular formula is C24H37N5O3. The highest BCUT2D eigenvalue weighted by Crippen LogP contribution is 2.31. The van der Waals surface area contributed by atoms with Gasteiger partial charge >= 0.3 is 6.09 Å². The highest BCUT2D eigenvalue weighted by atomic mass is 16.6. The van der Waals surface area contributed by atoms with Crippen LogP contribution in [0.1, 0.15) is 58.4 Å². The first-order valence-electron chi connectivity index (χ1n) is 11.6. The Hall–Kier alpha value is -2.77. The zero-order valence-electron chi connectivity index (χ0n) is 19.7. The van der Waals surface area contributed by atoms with Gasteiger partial charge in [0.05, 0.1) is 0 Å². The van der Waals surface area contributed by atoms with Crippen LogP contribution in [0.3, 0.4) is 0 Å². The lowest BCUT2D eigenvalue weighted by molar-refractivity contribution is -0.116. The number of para-hydroxylation sites is 1. The molecule has 8 heteroatoms. The molecule has 0 spiro atoms. The van der Waals surface area contributed by atoms with Crippen molar-refractivity contribution >= 4 is 23.6 Å². The Balaban J connectivity index is 1.57. The van der Waals surface area contributed by atoms with E-state index < -0.39 is 5.60 Å². The molecule has 32 heavy (non-hydrogen) atoms. The van der Waals surface area contributed by atoms with E-state index in [4.69, 9.17) is 9.73 Å². The fourth-order valence-electron chi connectivity index (χ4n) is 4.17. The molecule has 0 saturated carbocycles. The van der Waals surface area contributed by atoms with E-state index in [-0.39, 0.29) is 17.9 Å². The van der Waals surface area contributed by atoms with E-state index in [1.165, 1.54) is 0 Å². The molecule has 0 aliphatic carbocycles. The maximum Gasteiger partial charge on any atom is 0.410 e. The molecule has 3 rings (SSSR count). The molecule has 2 amide bonds. The van der Waals surface area contributed by atoms with Crippen molar-refractivity contribution in [2.24, 2.45) is 10.9 Å². The molecule has 3 N–H and O–H groups in total. The Morgan fingerprint density at radius 1 is 1.28 bits per heavy atom. The number of hydrogen-bond donors (Lipinski definition) is 3. The molecule has 2 aliphatic rings. The van der Waals surface area contributed by atoms with Gasteiger partial charge in [-0.15, -0.1) is 0 Å². The van der Waals surface area contributed by atoms with Gasteiger partial charge in [0.25, 0.3) is 0 Å². The number of rotatable bonds is 5. The number of nitrogens with one attached hydrogen (secondary N) is 3. The SMILES string of the molecule is CCNC(=NCC1CCCN(C(=O)OC(C)(C)C)C1)NCC1CC(=O)Nc2ccccc21. The van der Waals surface area contributed by atoms with Gasteiger partial charge in [0.2, 0.25) is 5.91 Å². The van der Waals surface area contributed by atoms with Crippen molar-refractivity contribution in [3.8, 4) is 0 Å². The van der Waals surface area contributed by atoms with E-state index in [2.05, 4.69) is 22.0 Å². The van der Waals surface area contributed by atoms with E-state index >= 15 is 0 Å². The number of anilines is 1. The highest BCUT2D eigenvalue weighted by molar-refractivity contribution is 5.94. The Morgan fingerprint density at radius 3 is 2.81 bits per heavy atom. The number of benzene rings is 1. The molecule has 0 aromatic heterocycles. The van der Waals surface area contributed by atoms with E-state index in [1.54, 1.807) is 4.90 Å². The number of carbonyl (C=O) groups is 2. The minimum absolute atomic E-state index is 0.0434. The Morgan fingerprint density at radius 2 is 2.06 bits per heavy atom. The minimum Gasteiger partial charge on any atom is -0.444 e. The van der Waals surface area contributed by atoms with Crippen LogP contribution in [0.25, 0.3) is 0 Å². The molecule has 0 radical (unpaired) electrons. The second-order valence-electron chi connectivity index (χ2n) is 9.57. The van der Waals surface area contributed by atoms with Crippen molar-refractivity contribution in [2.45, 2.75) is 58.5 Å². The molecule has 2 atom stereocenters. The van der Waals surface area contributed by atoms with Crippen LogP contribution >= 0.6 is 0 Å². The molecule has 0 bridgehead atoms. The number of piperidine rings is 1. The third kappa shape index (κ3) is 6.87. The molecule has 1 saturated heterocycles. The predicted octanol–water partition coefficient (Wildman–Crippen LogP) is 3.31. The monoisotopic (exact) mass is 443 g/mol. The average molecular weight is 444 g/mol. The van der Waals surface area contributed by atoms with Crippen molar-refractivity contribution < 1.29 is 14.3 Å². The summed E-state index contributed by atoms with van der Waals surface area (Å²) in [6.07, 6.45) is 2.21. The summed E-state index contributed by atoms with van der Waals surface area (Å²) in [5.41, 5.74) is 1.55. The summed E-state index contributed by atoms with van der Waals surface area (Å²) in [6.45, 7) is 11.1. The van der Waals surface area contributed by atoms with Crippen LogP contribution in [0.5, 0.6) is 0 Å². The number of aliphatic imine (C=N–C) groups is 1. The normalized spacial score (nSPS) is 21.4. The van der Waals surface area contributed by atoms with E-state index in [1.807, 2.05) is 45.9 Å². The molecule has 176 valence electrons. The van der Waals surface area contributed by atoms with Crippen molar-refractivity contribution in [3.63, 3.8) is 0 Å². The van der Waals surface area contributed by atoms with Gasteiger partial charge < -0.3 is 25.6 Å². The zero-order chi connectivity index (χ0) is 23.1. The summed E-state index contributed by atoms with van der Waals surface area (Å²) in [4.78, 5) is 31.1. The van der Waals surface area contributed by atoms with E-state index in [0.29, 0.717) is 32.0 Å². The Labute approximate surface area is 191 Å². The summed E-state index contributed by atoms with van der Waals surface area (Å²) < 4.78 is 5.53. The minimum atomic E-state index is -0.487. The lowest BCUT2D eigenvalue weighted by Gasteiger charge is -2.33. The largest absolute Gasteiger partial charge is 0.444 e. The van der Waals surface area contributed by atoms with Crippen LogP contribution in [0, 0.1) is 5.92 Å². The summed E-state index contributed by atoms with van der Waals surface area (Å²) in [6, 6.07) is 7.95. The van der Waals surface area contributed by atoms with Crippen molar-refractivity contribution in [1.82, 2.24) is 15.5 Å². The first kappa shape index (κ1) is 23.9. The van der Waals surface area contributed by atoms with Crippen LogP contribution < -0.4 is 16.0 Å². The number of hydrogen-bond acceptors (Lipinski definition) is 4. The molecule has 2 aliphatic heterocycles. The molecular weight excluding hydrogens is 406 g/mol. The molecule has 1 fully saturated rings. The molecule has 1 aromatic rings. The van der Waals surface area contributed by atoms with Crippen LogP contribution in [-0.4, -0.2) is 61.2 Å². The smallest absolute Gasteiger partial charge is 0.410 e. The predicted molar refractivity (Wildman–Crippen MR) is 127 cm³/mol. The van der Waals surface area contributed by atoms with E-state index in [0.717, 1.165) is 43.1 Å². The summed E-state index contributed by atoms with van der Waals surface area (Å²) in [7, 11) is 0. The van der Waals surface area contributed by atoms with Gasteiger partial charge in [-0.3, -0.25) is 9.79 Å². The lowest BCUT2D eigenvalue weighted by atomic mass is 9.90. The first-order chi connectivity index (χ1) is 15.2. The van der Waals surface area contributed by atoms with Crippen molar-refractivity contribution in [3.05, 3.63) is 29.8 Å². The van der Waals surface area contributed by atoms with Crippen molar-refractivity contribution in [2.75, 3.05) is 38.0 Å². The molecule has 2 unspecified atom stereocenters. The Kier molecular flexibility index (Phi) is 7.99. The van der Waals surface area contributed by atoms with Crippen LogP contribution in [0.4, 0.5) is 10.5 Å². The van der Waals surface area contributed by atoms with Crippen LogP contribution in [0.2, 0.25) is 0 Å². The zero-order valence-corrected chi connectivity index (χ0v) is 19.7. The standard InChI is InChI=1S/C24H37N5O3/c1-5-25-22(27-15-18-13-21(30)28-20-11-7-6-10-19(18)20)26-14-17-9-8-12-29(16-17)23(31)32-24(2,3)4/h6-7,10-11,17-18H,5,8-9,12-16H2,1-4H3,(H,28,30)(H2,25,26,27). The van der Waals surface area contributed by atoms with Gasteiger partial charge in [-0.1, -0.05) is 18.2 Å². The number of amides is 2. The second-order valence-corrected chi connectivity index (χ2v) is 9.57. The summed E-state index contributed by atoms with van der Waals surface area (Å²) in [5.74, 6) is 1.18. The van der Waals surface area contributed by atoms with Gasteiger partial charge in [0, 0.05) is 50.7 Å². The fraction of sp³-hybridized carbons (Fsp3) is 0.625. The number of ether oxygens (including phenoxy) is 1. The number of nitrogens with zero attached hydrogens (tertiary/aromatic N) is 2. The lowest BCUT2D eigenvalue weighted by Crippen LogP contribution is -2.44. The fourth-order valence-corrected chi connectivity index (χ4v) is 4.17.